The molecule has 2 saturated heterocycles. The fourth-order valence-corrected chi connectivity index (χ4v) is 6.73. The van der Waals surface area contributed by atoms with Crippen molar-refractivity contribution in [2.24, 2.45) is 0 Å². The Hall–Kier alpha value is -2.65. The number of aromatic nitrogens is 2. The van der Waals surface area contributed by atoms with Crippen LogP contribution in [-0.2, 0) is 10.0 Å². The van der Waals surface area contributed by atoms with Gasteiger partial charge in [0.15, 0.2) is 0 Å². The van der Waals surface area contributed by atoms with Crippen molar-refractivity contribution in [3.8, 4) is 11.1 Å². The van der Waals surface area contributed by atoms with Gasteiger partial charge in [0.25, 0.3) is 0 Å². The van der Waals surface area contributed by atoms with Crippen molar-refractivity contribution < 1.29 is 13.5 Å². The van der Waals surface area contributed by atoms with Crippen molar-refractivity contribution >= 4 is 10.0 Å². The maximum atomic E-state index is 13.4. The van der Waals surface area contributed by atoms with Crippen LogP contribution in [0.3, 0.4) is 0 Å². The largest absolute Gasteiger partial charge is 0.395 e. The van der Waals surface area contributed by atoms with E-state index < -0.39 is 10.0 Å². The summed E-state index contributed by atoms with van der Waals surface area (Å²) in [4.78, 5) is 10.8. The molecule has 0 spiro atoms. The van der Waals surface area contributed by atoms with Crippen LogP contribution in [0.15, 0.2) is 78.2 Å². The van der Waals surface area contributed by atoms with E-state index in [0.717, 1.165) is 36.1 Å². The van der Waals surface area contributed by atoms with Gasteiger partial charge in [-0.3, -0.25) is 4.90 Å². The molecule has 172 valence electrons. The molecule has 1 aromatic heterocycles. The lowest BCUT2D eigenvalue weighted by atomic mass is 9.74. The van der Waals surface area contributed by atoms with Crippen LogP contribution >= 0.6 is 0 Å². The lowest BCUT2D eigenvalue weighted by Gasteiger charge is -2.57. The Bertz CT molecular complexity index is 1170. The molecule has 8 heteroatoms. The monoisotopic (exact) mass is 464 g/mol. The standard InChI is InChI=1S/C25H28N4O3S/c30-17-24-25(20-10-8-19(9-11-20)21-14-26-18-27-15-21)23-16-28(12-4-5-13-29(23)24)33(31,32)22-6-2-1-3-7-22/h1-3,6-11,14-15,18,23-25,30H,4-5,12-13,16-17H2/t23-,24-,25+/m0/s1. The van der Waals surface area contributed by atoms with Crippen molar-refractivity contribution in [2.75, 3.05) is 26.2 Å². The molecule has 3 atom stereocenters. The Morgan fingerprint density at radius 2 is 1.61 bits per heavy atom. The maximum absolute atomic E-state index is 13.4. The summed E-state index contributed by atoms with van der Waals surface area (Å²) in [6.07, 6.45) is 6.80. The number of fused-ring (bicyclic) bond motifs is 1. The van der Waals surface area contributed by atoms with E-state index in [2.05, 4.69) is 27.0 Å². The summed E-state index contributed by atoms with van der Waals surface area (Å²) < 4.78 is 28.4. The predicted molar refractivity (Wildman–Crippen MR) is 126 cm³/mol. The zero-order valence-electron chi connectivity index (χ0n) is 18.4. The number of nitrogens with zero attached hydrogens (tertiary/aromatic N) is 4. The van der Waals surface area contributed by atoms with Gasteiger partial charge < -0.3 is 5.11 Å². The van der Waals surface area contributed by atoms with Gasteiger partial charge in [0, 0.05) is 49.0 Å². The smallest absolute Gasteiger partial charge is 0.243 e. The van der Waals surface area contributed by atoms with E-state index in [9.17, 15) is 13.5 Å². The van der Waals surface area contributed by atoms with Gasteiger partial charge >= 0.3 is 0 Å². The van der Waals surface area contributed by atoms with Gasteiger partial charge in [-0.2, -0.15) is 4.31 Å². The maximum Gasteiger partial charge on any atom is 0.243 e. The van der Waals surface area contributed by atoms with E-state index in [1.807, 2.05) is 18.2 Å². The molecule has 0 radical (unpaired) electrons. The summed E-state index contributed by atoms with van der Waals surface area (Å²) in [6, 6.07) is 17.0. The molecule has 2 aliphatic rings. The van der Waals surface area contributed by atoms with Gasteiger partial charge in [-0.25, -0.2) is 18.4 Å². The van der Waals surface area contributed by atoms with Crippen LogP contribution in [0.25, 0.3) is 11.1 Å². The third-order valence-corrected chi connectivity index (χ3v) is 8.78. The van der Waals surface area contributed by atoms with Gasteiger partial charge in [-0.1, -0.05) is 42.5 Å². The number of aliphatic hydroxyl groups excluding tert-OH is 1. The van der Waals surface area contributed by atoms with Crippen LogP contribution in [-0.4, -0.2) is 71.0 Å². The minimum atomic E-state index is -3.57. The molecular weight excluding hydrogens is 436 g/mol. The van der Waals surface area contributed by atoms with E-state index in [-0.39, 0.29) is 24.6 Å². The number of hydrogen-bond donors (Lipinski definition) is 1. The van der Waals surface area contributed by atoms with Crippen molar-refractivity contribution in [1.82, 2.24) is 19.2 Å². The van der Waals surface area contributed by atoms with E-state index in [0.29, 0.717) is 18.0 Å². The fourth-order valence-electron chi connectivity index (χ4n) is 5.21. The van der Waals surface area contributed by atoms with Crippen LogP contribution in [0.4, 0.5) is 0 Å². The van der Waals surface area contributed by atoms with Gasteiger partial charge in [0.1, 0.15) is 6.33 Å². The van der Waals surface area contributed by atoms with Crippen molar-refractivity contribution in [1.29, 1.82) is 0 Å². The fraction of sp³-hybridized carbons (Fsp3) is 0.360. The Kier molecular flexibility index (Phi) is 6.25. The van der Waals surface area contributed by atoms with Gasteiger partial charge in [-0.15, -0.1) is 0 Å². The van der Waals surface area contributed by atoms with Crippen LogP contribution in [0.2, 0.25) is 0 Å². The average Bonchev–Trinajstić information content (AvgIpc) is 2.84. The number of aliphatic hydroxyl groups is 1. The molecule has 3 aromatic rings. The highest BCUT2D eigenvalue weighted by Gasteiger charge is 2.50. The summed E-state index contributed by atoms with van der Waals surface area (Å²) in [6.45, 7) is 1.88. The van der Waals surface area contributed by atoms with Crippen molar-refractivity contribution in [2.45, 2.75) is 35.7 Å². The Balaban J connectivity index is 1.42. The van der Waals surface area contributed by atoms with E-state index in [1.54, 1.807) is 41.0 Å². The first-order valence-corrected chi connectivity index (χ1v) is 12.8. The van der Waals surface area contributed by atoms with Crippen molar-refractivity contribution in [3.63, 3.8) is 0 Å². The van der Waals surface area contributed by atoms with E-state index in [1.165, 1.54) is 6.33 Å². The second kappa shape index (κ2) is 9.30. The molecule has 5 rings (SSSR count). The lowest BCUT2D eigenvalue weighted by Crippen LogP contribution is -2.67. The summed E-state index contributed by atoms with van der Waals surface area (Å²) in [5.41, 5.74) is 3.10. The van der Waals surface area contributed by atoms with E-state index >= 15 is 0 Å². The summed E-state index contributed by atoms with van der Waals surface area (Å²) in [7, 11) is -3.57. The molecule has 2 aromatic carbocycles. The quantitative estimate of drug-likeness (QED) is 0.625. The molecule has 0 bridgehead atoms. The molecule has 3 heterocycles. The molecule has 1 N–H and O–H groups in total. The van der Waals surface area contributed by atoms with Crippen molar-refractivity contribution in [3.05, 3.63) is 78.9 Å². The highest BCUT2D eigenvalue weighted by Crippen LogP contribution is 2.42. The molecule has 0 unspecified atom stereocenters. The summed E-state index contributed by atoms with van der Waals surface area (Å²) >= 11 is 0. The highest BCUT2D eigenvalue weighted by molar-refractivity contribution is 7.89. The topological polar surface area (TPSA) is 86.6 Å². The minimum absolute atomic E-state index is 0.000267. The first-order valence-electron chi connectivity index (χ1n) is 11.4. The van der Waals surface area contributed by atoms with Crippen LogP contribution in [0.1, 0.15) is 24.3 Å². The zero-order chi connectivity index (χ0) is 22.8. The third-order valence-electron chi connectivity index (χ3n) is 6.90. The predicted octanol–water partition coefficient (Wildman–Crippen LogP) is 2.76. The summed E-state index contributed by atoms with van der Waals surface area (Å²) in [5.74, 6) is 0.0719. The third kappa shape index (κ3) is 4.19. The van der Waals surface area contributed by atoms with Gasteiger partial charge in [0.2, 0.25) is 10.0 Å². The second-order valence-corrected chi connectivity index (χ2v) is 10.7. The normalized spacial score (nSPS) is 24.3. The molecule has 33 heavy (non-hydrogen) atoms. The Morgan fingerprint density at radius 1 is 0.909 bits per heavy atom. The lowest BCUT2D eigenvalue weighted by molar-refractivity contribution is -0.0553. The molecule has 0 amide bonds. The molecular formula is C25H28N4O3S. The number of rotatable bonds is 5. The van der Waals surface area contributed by atoms with Crippen LogP contribution in [0.5, 0.6) is 0 Å². The van der Waals surface area contributed by atoms with Gasteiger partial charge in [0.05, 0.1) is 11.5 Å². The van der Waals surface area contributed by atoms with Gasteiger partial charge in [-0.05, 0) is 42.6 Å². The number of sulfonamides is 1. The molecule has 2 aliphatic heterocycles. The summed E-state index contributed by atoms with van der Waals surface area (Å²) in [5, 5.41) is 10.2. The first kappa shape index (κ1) is 22.2. The molecule has 7 nitrogen and oxygen atoms in total. The average molecular weight is 465 g/mol. The highest BCUT2D eigenvalue weighted by atomic mass is 32.2. The molecule has 0 saturated carbocycles. The Morgan fingerprint density at radius 3 is 2.30 bits per heavy atom. The SMILES string of the molecule is O=S(=O)(c1ccccc1)N1CCCCN2[C@@H](CO)[C@H](c3ccc(-c4cncnc4)cc3)[C@@H]2C1. The van der Waals surface area contributed by atoms with Crippen LogP contribution < -0.4 is 0 Å². The van der Waals surface area contributed by atoms with Crippen LogP contribution in [0, 0.1) is 0 Å². The molecule has 2 fully saturated rings. The minimum Gasteiger partial charge on any atom is -0.395 e. The second-order valence-electron chi connectivity index (χ2n) is 8.71. The molecule has 0 aliphatic carbocycles. The first-order chi connectivity index (χ1) is 16.1. The number of benzene rings is 2. The van der Waals surface area contributed by atoms with E-state index in [4.69, 9.17) is 0 Å². The Labute approximate surface area is 194 Å². The zero-order valence-corrected chi connectivity index (χ0v) is 19.2. The number of hydrogen-bond acceptors (Lipinski definition) is 6.